The van der Waals surface area contributed by atoms with E-state index in [1.54, 1.807) is 0 Å². The largest absolute Gasteiger partial charge is 0.399 e. The molecule has 128 valence electrons. The Balaban J connectivity index is 3.33. The van der Waals surface area contributed by atoms with Crippen molar-refractivity contribution < 1.29 is 16.8 Å². The predicted octanol–water partition coefficient (Wildman–Crippen LogP) is 4.84. The molecule has 0 fully saturated rings. The lowest BCUT2D eigenvalue weighted by molar-refractivity contribution is 0.236. The minimum Gasteiger partial charge on any atom is -0.252 e. The zero-order valence-electron chi connectivity index (χ0n) is 14.1. The van der Waals surface area contributed by atoms with Crippen LogP contribution in [0, 0.1) is 5.92 Å². The summed E-state index contributed by atoms with van der Waals surface area (Å²) in [4.78, 5) is 0. The topological polar surface area (TPSA) is 52.6 Å². The standard InChI is InChI=1S/C16H34O4S/c1-4-5-6-7-8-9-10-13-16(2)14-11-12-15-20-21(17,18)19-3/h16H,4-15H2,1-3H3. The molecule has 0 aromatic rings. The van der Waals surface area contributed by atoms with Crippen LogP contribution in [0.25, 0.3) is 0 Å². The second-order valence-corrected chi connectivity index (χ2v) is 7.29. The van der Waals surface area contributed by atoms with Gasteiger partial charge in [0.2, 0.25) is 0 Å². The smallest absolute Gasteiger partial charge is 0.252 e. The fourth-order valence-corrected chi connectivity index (χ4v) is 2.82. The molecule has 21 heavy (non-hydrogen) atoms. The van der Waals surface area contributed by atoms with Crippen LogP contribution >= 0.6 is 0 Å². The van der Waals surface area contributed by atoms with Crippen molar-refractivity contribution in [3.63, 3.8) is 0 Å². The number of hydrogen-bond donors (Lipinski definition) is 0. The summed E-state index contributed by atoms with van der Waals surface area (Å²) >= 11 is 0. The molecule has 1 unspecified atom stereocenters. The normalized spacial score (nSPS) is 13.5. The molecule has 1 atom stereocenters. The van der Waals surface area contributed by atoms with Crippen LogP contribution in [0.15, 0.2) is 0 Å². The van der Waals surface area contributed by atoms with E-state index < -0.39 is 10.4 Å². The molecule has 0 aromatic carbocycles. The molecule has 0 rings (SSSR count). The molecule has 0 aliphatic carbocycles. The predicted molar refractivity (Wildman–Crippen MR) is 87.5 cm³/mol. The van der Waals surface area contributed by atoms with E-state index in [1.165, 1.54) is 51.4 Å². The summed E-state index contributed by atoms with van der Waals surface area (Å²) in [6, 6.07) is 0. The number of rotatable bonds is 15. The van der Waals surface area contributed by atoms with Gasteiger partial charge in [0.15, 0.2) is 0 Å². The van der Waals surface area contributed by atoms with Crippen LogP contribution < -0.4 is 0 Å². The van der Waals surface area contributed by atoms with Gasteiger partial charge in [0.25, 0.3) is 0 Å². The molecule has 0 saturated heterocycles. The Hall–Kier alpha value is -0.130. The maximum atomic E-state index is 10.9. The molecule has 0 bridgehead atoms. The van der Waals surface area contributed by atoms with Crippen LogP contribution in [0.3, 0.4) is 0 Å². The van der Waals surface area contributed by atoms with Gasteiger partial charge in [-0.05, 0) is 12.3 Å². The second-order valence-electron chi connectivity index (χ2n) is 5.91. The van der Waals surface area contributed by atoms with Gasteiger partial charge in [-0.15, -0.1) is 0 Å². The van der Waals surface area contributed by atoms with Crippen molar-refractivity contribution >= 4 is 10.4 Å². The van der Waals surface area contributed by atoms with Crippen LogP contribution in [0.4, 0.5) is 0 Å². The molecule has 0 aromatic heterocycles. The summed E-state index contributed by atoms with van der Waals surface area (Å²) in [5.74, 6) is 0.722. The molecule has 0 N–H and O–H groups in total. The first-order valence-corrected chi connectivity index (χ1v) is 9.80. The summed E-state index contributed by atoms with van der Waals surface area (Å²) in [5, 5.41) is 0. The van der Waals surface area contributed by atoms with Gasteiger partial charge in [-0.25, -0.2) is 4.18 Å². The maximum absolute atomic E-state index is 10.9. The minimum absolute atomic E-state index is 0.223. The Morgan fingerprint density at radius 1 is 0.857 bits per heavy atom. The lowest BCUT2D eigenvalue weighted by atomic mass is 9.97. The van der Waals surface area contributed by atoms with E-state index in [2.05, 4.69) is 22.2 Å². The lowest BCUT2D eigenvalue weighted by Gasteiger charge is -2.11. The third-order valence-electron chi connectivity index (χ3n) is 3.82. The van der Waals surface area contributed by atoms with Crippen molar-refractivity contribution in [3.05, 3.63) is 0 Å². The first-order chi connectivity index (χ1) is 10.0. The monoisotopic (exact) mass is 322 g/mol. The van der Waals surface area contributed by atoms with Gasteiger partial charge in [-0.1, -0.05) is 78.1 Å². The third-order valence-corrected chi connectivity index (χ3v) is 4.69. The average molecular weight is 323 g/mol. The van der Waals surface area contributed by atoms with Crippen molar-refractivity contribution in [3.8, 4) is 0 Å². The molecular weight excluding hydrogens is 288 g/mol. The molecule has 4 nitrogen and oxygen atoms in total. The molecule has 0 heterocycles. The van der Waals surface area contributed by atoms with E-state index in [-0.39, 0.29) is 6.61 Å². The van der Waals surface area contributed by atoms with Crippen LogP contribution in [-0.2, 0) is 18.8 Å². The Labute approximate surface area is 131 Å². The molecule has 0 aliphatic rings. The van der Waals surface area contributed by atoms with E-state index in [4.69, 9.17) is 0 Å². The highest BCUT2D eigenvalue weighted by atomic mass is 32.3. The average Bonchev–Trinajstić information content (AvgIpc) is 2.46. The second kappa shape index (κ2) is 13.5. The molecule has 0 radical (unpaired) electrons. The summed E-state index contributed by atoms with van der Waals surface area (Å²) in [6.07, 6.45) is 13.7. The molecule has 5 heteroatoms. The molecule has 0 spiro atoms. The van der Waals surface area contributed by atoms with Gasteiger partial charge < -0.3 is 0 Å². The van der Waals surface area contributed by atoms with Crippen LogP contribution in [0.1, 0.15) is 84.5 Å². The summed E-state index contributed by atoms with van der Waals surface area (Å²) < 4.78 is 30.7. The fourth-order valence-electron chi connectivity index (χ4n) is 2.40. The highest BCUT2D eigenvalue weighted by Gasteiger charge is 2.08. The van der Waals surface area contributed by atoms with Gasteiger partial charge in [0, 0.05) is 0 Å². The Morgan fingerprint density at radius 2 is 1.38 bits per heavy atom. The fraction of sp³-hybridized carbons (Fsp3) is 1.00. The molecule has 0 saturated carbocycles. The van der Waals surface area contributed by atoms with Crippen molar-refractivity contribution in [2.24, 2.45) is 5.92 Å². The molecule has 0 amide bonds. The maximum Gasteiger partial charge on any atom is 0.399 e. The number of unbranched alkanes of at least 4 members (excludes halogenated alkanes) is 7. The van der Waals surface area contributed by atoms with Crippen molar-refractivity contribution in [1.82, 2.24) is 0 Å². The Bertz CT molecular complexity index is 314. The first-order valence-electron chi connectivity index (χ1n) is 8.46. The van der Waals surface area contributed by atoms with Crippen LogP contribution in [-0.4, -0.2) is 22.1 Å². The van der Waals surface area contributed by atoms with Gasteiger partial charge >= 0.3 is 10.4 Å². The highest BCUT2D eigenvalue weighted by molar-refractivity contribution is 7.81. The highest BCUT2D eigenvalue weighted by Crippen LogP contribution is 2.17. The van der Waals surface area contributed by atoms with Gasteiger partial charge in [0.1, 0.15) is 0 Å². The van der Waals surface area contributed by atoms with E-state index in [1.807, 2.05) is 0 Å². The molecular formula is C16H34O4S. The Morgan fingerprint density at radius 3 is 1.95 bits per heavy atom. The summed E-state index contributed by atoms with van der Waals surface area (Å²) in [7, 11) is -2.64. The van der Waals surface area contributed by atoms with Crippen molar-refractivity contribution in [1.29, 1.82) is 0 Å². The van der Waals surface area contributed by atoms with Crippen LogP contribution in [0.2, 0.25) is 0 Å². The first kappa shape index (κ1) is 20.9. The van der Waals surface area contributed by atoms with Crippen molar-refractivity contribution in [2.45, 2.75) is 84.5 Å². The van der Waals surface area contributed by atoms with Crippen molar-refractivity contribution in [2.75, 3.05) is 13.7 Å². The lowest BCUT2D eigenvalue weighted by Crippen LogP contribution is -2.08. The van der Waals surface area contributed by atoms with Gasteiger partial charge in [0.05, 0.1) is 13.7 Å². The summed E-state index contributed by atoms with van der Waals surface area (Å²) in [6.45, 7) is 4.75. The number of hydrogen-bond acceptors (Lipinski definition) is 4. The van der Waals surface area contributed by atoms with Crippen LogP contribution in [0.5, 0.6) is 0 Å². The van der Waals surface area contributed by atoms with E-state index in [0.717, 1.165) is 32.3 Å². The third kappa shape index (κ3) is 14.6. The van der Waals surface area contributed by atoms with E-state index in [9.17, 15) is 8.42 Å². The van der Waals surface area contributed by atoms with E-state index >= 15 is 0 Å². The van der Waals surface area contributed by atoms with Gasteiger partial charge in [-0.2, -0.15) is 8.42 Å². The van der Waals surface area contributed by atoms with E-state index in [0.29, 0.717) is 0 Å². The zero-order valence-corrected chi connectivity index (χ0v) is 14.9. The SMILES string of the molecule is CCCCCCCCCC(C)CCCCOS(=O)(=O)OC. The minimum atomic E-state index is -3.75. The summed E-state index contributed by atoms with van der Waals surface area (Å²) in [5.41, 5.74) is 0. The zero-order chi connectivity index (χ0) is 16.0. The molecule has 0 aliphatic heterocycles. The van der Waals surface area contributed by atoms with Gasteiger partial charge in [-0.3, -0.25) is 4.18 Å². The Kier molecular flexibility index (Phi) is 13.4. The quantitative estimate of drug-likeness (QED) is 0.405.